The normalized spacial score (nSPS) is 21.5. The van der Waals surface area contributed by atoms with Gasteiger partial charge in [0.2, 0.25) is 5.91 Å². The number of pyridine rings is 1. The van der Waals surface area contributed by atoms with Gasteiger partial charge in [-0.3, -0.25) is 14.6 Å². The van der Waals surface area contributed by atoms with E-state index >= 15 is 0 Å². The maximum Gasteiger partial charge on any atom is 0.254 e. The van der Waals surface area contributed by atoms with Gasteiger partial charge in [0.1, 0.15) is 17.7 Å². The molecular formula is C22H22FN5O2. The number of H-pyrrole nitrogens is 1. The van der Waals surface area contributed by atoms with Crippen molar-refractivity contribution in [3.05, 3.63) is 59.9 Å². The minimum atomic E-state index is -0.457. The SMILES string of the molecule is O=C(C1CCCN1C(=O)c1ccc(F)cc1)N1CCC(c2nc3ccncc3[nH]2)C1. The number of aromatic nitrogens is 3. The summed E-state index contributed by atoms with van der Waals surface area (Å²) in [7, 11) is 0. The number of halogens is 1. The number of hydrogen-bond acceptors (Lipinski definition) is 4. The minimum absolute atomic E-state index is 0.0109. The third-order valence-electron chi connectivity index (χ3n) is 6.08. The second-order valence-corrected chi connectivity index (χ2v) is 7.95. The summed E-state index contributed by atoms with van der Waals surface area (Å²) in [5.74, 6) is 0.405. The molecule has 2 unspecified atom stereocenters. The van der Waals surface area contributed by atoms with Crippen LogP contribution in [0.15, 0.2) is 42.7 Å². The molecule has 1 N–H and O–H groups in total. The molecule has 1 aromatic carbocycles. The Kier molecular flexibility index (Phi) is 4.69. The molecule has 0 saturated carbocycles. The molecular weight excluding hydrogens is 385 g/mol. The van der Waals surface area contributed by atoms with Gasteiger partial charge in [0.25, 0.3) is 5.91 Å². The van der Waals surface area contributed by atoms with Gasteiger partial charge in [0.05, 0.1) is 17.2 Å². The maximum atomic E-state index is 13.2. The molecule has 0 radical (unpaired) electrons. The van der Waals surface area contributed by atoms with Crippen LogP contribution in [0.2, 0.25) is 0 Å². The van der Waals surface area contributed by atoms with E-state index in [0.717, 1.165) is 29.7 Å². The van der Waals surface area contributed by atoms with E-state index in [2.05, 4.69) is 15.0 Å². The van der Waals surface area contributed by atoms with Gasteiger partial charge in [-0.15, -0.1) is 0 Å². The number of hydrogen-bond donors (Lipinski definition) is 1. The van der Waals surface area contributed by atoms with Gasteiger partial charge in [-0.25, -0.2) is 9.37 Å². The fourth-order valence-corrected chi connectivity index (χ4v) is 4.49. The van der Waals surface area contributed by atoms with Crippen LogP contribution in [0.1, 0.15) is 41.4 Å². The molecule has 5 rings (SSSR count). The van der Waals surface area contributed by atoms with Gasteiger partial charge in [0, 0.05) is 37.3 Å². The number of fused-ring (bicyclic) bond motifs is 1. The van der Waals surface area contributed by atoms with Gasteiger partial charge in [-0.1, -0.05) is 0 Å². The van der Waals surface area contributed by atoms with Crippen molar-refractivity contribution < 1.29 is 14.0 Å². The van der Waals surface area contributed by atoms with Crippen molar-refractivity contribution in [2.75, 3.05) is 19.6 Å². The largest absolute Gasteiger partial charge is 0.340 e. The lowest BCUT2D eigenvalue weighted by molar-refractivity contribution is -0.134. The van der Waals surface area contributed by atoms with Crippen molar-refractivity contribution in [1.29, 1.82) is 0 Å². The van der Waals surface area contributed by atoms with Crippen LogP contribution < -0.4 is 0 Å². The summed E-state index contributed by atoms with van der Waals surface area (Å²) in [6.45, 7) is 1.77. The number of imidazole rings is 1. The summed E-state index contributed by atoms with van der Waals surface area (Å²) in [5.41, 5.74) is 2.17. The summed E-state index contributed by atoms with van der Waals surface area (Å²) < 4.78 is 13.2. The molecule has 2 atom stereocenters. The van der Waals surface area contributed by atoms with Gasteiger partial charge < -0.3 is 14.8 Å². The molecule has 8 heteroatoms. The number of nitrogens with zero attached hydrogens (tertiary/aromatic N) is 4. The Bertz CT molecular complexity index is 1060. The average molecular weight is 407 g/mol. The van der Waals surface area contributed by atoms with Crippen LogP contribution in [-0.2, 0) is 4.79 Å². The smallest absolute Gasteiger partial charge is 0.254 e. The summed E-state index contributed by atoms with van der Waals surface area (Å²) in [6.07, 6.45) is 5.74. The highest BCUT2D eigenvalue weighted by Crippen LogP contribution is 2.29. The standard InChI is InChI=1S/C22H22FN5O2/c23-16-5-3-14(4-6-16)21(29)28-10-1-2-19(28)22(30)27-11-8-15(13-27)20-25-17-7-9-24-12-18(17)26-20/h3-7,9,12,15,19H,1-2,8,10-11,13H2,(H,25,26). The van der Waals surface area contributed by atoms with Crippen LogP contribution in [0.3, 0.4) is 0 Å². The highest BCUT2D eigenvalue weighted by molar-refractivity contribution is 5.98. The van der Waals surface area contributed by atoms with E-state index in [-0.39, 0.29) is 23.5 Å². The number of nitrogens with one attached hydrogen (secondary N) is 1. The molecule has 2 fully saturated rings. The van der Waals surface area contributed by atoms with Crippen molar-refractivity contribution in [2.45, 2.75) is 31.2 Å². The number of amides is 2. The van der Waals surface area contributed by atoms with E-state index in [9.17, 15) is 14.0 Å². The van der Waals surface area contributed by atoms with Gasteiger partial charge in [0.15, 0.2) is 0 Å². The van der Waals surface area contributed by atoms with Crippen LogP contribution >= 0.6 is 0 Å². The second kappa shape index (κ2) is 7.51. The average Bonchev–Trinajstić information content (AvgIpc) is 3.52. The quantitative estimate of drug-likeness (QED) is 0.724. The number of carbonyl (C=O) groups excluding carboxylic acids is 2. The summed E-state index contributed by atoms with van der Waals surface area (Å²) in [4.78, 5) is 41.7. The first-order valence-electron chi connectivity index (χ1n) is 10.2. The van der Waals surface area contributed by atoms with Crippen molar-refractivity contribution in [1.82, 2.24) is 24.8 Å². The highest BCUT2D eigenvalue weighted by Gasteiger charge is 2.39. The summed E-state index contributed by atoms with van der Waals surface area (Å²) >= 11 is 0. The lowest BCUT2D eigenvalue weighted by Crippen LogP contribution is -2.47. The monoisotopic (exact) mass is 407 g/mol. The Balaban J connectivity index is 1.29. The topological polar surface area (TPSA) is 82.2 Å². The Morgan fingerprint density at radius 2 is 1.93 bits per heavy atom. The van der Waals surface area contributed by atoms with Crippen LogP contribution in [0, 0.1) is 5.82 Å². The highest BCUT2D eigenvalue weighted by atomic mass is 19.1. The predicted octanol–water partition coefficient (Wildman–Crippen LogP) is 2.72. The molecule has 7 nitrogen and oxygen atoms in total. The van der Waals surface area contributed by atoms with Crippen LogP contribution in [0.4, 0.5) is 4.39 Å². The fourth-order valence-electron chi connectivity index (χ4n) is 4.49. The van der Waals surface area contributed by atoms with Crippen molar-refractivity contribution in [3.8, 4) is 0 Å². The van der Waals surface area contributed by atoms with Crippen LogP contribution in [0.5, 0.6) is 0 Å². The molecule has 3 aromatic rings. The fraction of sp³-hybridized carbons (Fsp3) is 0.364. The third-order valence-corrected chi connectivity index (χ3v) is 6.08. The number of benzene rings is 1. The van der Waals surface area contributed by atoms with Crippen molar-refractivity contribution in [3.63, 3.8) is 0 Å². The number of rotatable bonds is 3. The van der Waals surface area contributed by atoms with E-state index in [1.165, 1.54) is 24.3 Å². The summed E-state index contributed by atoms with van der Waals surface area (Å²) in [6, 6.07) is 6.90. The van der Waals surface area contributed by atoms with E-state index in [1.54, 1.807) is 17.3 Å². The Morgan fingerprint density at radius 3 is 2.73 bits per heavy atom. The first-order valence-corrected chi connectivity index (χ1v) is 10.2. The molecule has 2 aliphatic heterocycles. The lowest BCUT2D eigenvalue weighted by Gasteiger charge is -2.28. The molecule has 2 aliphatic rings. The Morgan fingerprint density at radius 1 is 1.10 bits per heavy atom. The number of likely N-dealkylation sites (tertiary alicyclic amines) is 2. The van der Waals surface area contributed by atoms with Crippen molar-refractivity contribution >= 4 is 22.8 Å². The van der Waals surface area contributed by atoms with Crippen LogP contribution in [0.25, 0.3) is 11.0 Å². The Hall–Kier alpha value is -3.29. The maximum absolute atomic E-state index is 13.2. The number of aromatic amines is 1. The third kappa shape index (κ3) is 3.32. The minimum Gasteiger partial charge on any atom is -0.340 e. The molecule has 4 heterocycles. The van der Waals surface area contributed by atoms with Crippen molar-refractivity contribution in [2.24, 2.45) is 0 Å². The molecule has 0 aliphatic carbocycles. The van der Waals surface area contributed by atoms with E-state index in [0.29, 0.717) is 31.6 Å². The van der Waals surface area contributed by atoms with E-state index in [4.69, 9.17) is 0 Å². The lowest BCUT2D eigenvalue weighted by atomic mass is 10.1. The summed E-state index contributed by atoms with van der Waals surface area (Å²) in [5, 5.41) is 0. The molecule has 2 aromatic heterocycles. The second-order valence-electron chi connectivity index (χ2n) is 7.95. The molecule has 2 amide bonds. The van der Waals surface area contributed by atoms with Gasteiger partial charge in [-0.2, -0.15) is 0 Å². The zero-order chi connectivity index (χ0) is 20.7. The Labute approximate surface area is 172 Å². The van der Waals surface area contributed by atoms with Gasteiger partial charge >= 0.3 is 0 Å². The van der Waals surface area contributed by atoms with Gasteiger partial charge in [-0.05, 0) is 49.6 Å². The van der Waals surface area contributed by atoms with E-state index < -0.39 is 6.04 Å². The molecule has 154 valence electrons. The molecule has 30 heavy (non-hydrogen) atoms. The molecule has 0 bridgehead atoms. The van der Waals surface area contributed by atoms with Crippen LogP contribution in [-0.4, -0.2) is 62.2 Å². The first-order chi connectivity index (χ1) is 14.6. The zero-order valence-corrected chi connectivity index (χ0v) is 16.4. The molecule has 2 saturated heterocycles. The zero-order valence-electron chi connectivity index (χ0n) is 16.4. The van der Waals surface area contributed by atoms with E-state index in [1.807, 2.05) is 11.0 Å². The number of carbonyl (C=O) groups is 2. The molecule has 0 spiro atoms. The first kappa shape index (κ1) is 18.7. The predicted molar refractivity (Wildman–Crippen MR) is 108 cm³/mol.